The lowest BCUT2D eigenvalue weighted by Gasteiger charge is -2.18. The van der Waals surface area contributed by atoms with Crippen LogP contribution in [0.2, 0.25) is 0 Å². The van der Waals surface area contributed by atoms with Gasteiger partial charge < -0.3 is 19.5 Å². The van der Waals surface area contributed by atoms with Crippen LogP contribution in [0.25, 0.3) is 0 Å². The fraction of sp³-hybridized carbons (Fsp3) is 0.250. The van der Waals surface area contributed by atoms with Gasteiger partial charge in [0.1, 0.15) is 11.5 Å². The topological polar surface area (TPSA) is 90.9 Å². The molecule has 3 rings (SSSR count). The summed E-state index contributed by atoms with van der Waals surface area (Å²) in [6.45, 7) is 1.68. The summed E-state index contributed by atoms with van der Waals surface area (Å²) in [5.74, 6) is -0.00282. The molecule has 140 valence electrons. The second-order valence-corrected chi connectivity index (χ2v) is 6.05. The van der Waals surface area contributed by atoms with Gasteiger partial charge in [0.05, 0.1) is 18.7 Å². The Hall–Kier alpha value is -3.35. The maximum absolute atomic E-state index is 12.2. The van der Waals surface area contributed by atoms with Crippen LogP contribution in [0, 0.1) is 6.92 Å². The summed E-state index contributed by atoms with van der Waals surface area (Å²) in [4.78, 5) is 35.3. The molecule has 0 bridgehead atoms. The van der Waals surface area contributed by atoms with Gasteiger partial charge in [-0.25, -0.2) is 0 Å². The number of esters is 1. The number of carbonyl (C=O) groups excluding carboxylic acids is 3. The van der Waals surface area contributed by atoms with Crippen molar-refractivity contribution in [2.75, 3.05) is 25.1 Å². The molecule has 1 N–H and O–H groups in total. The maximum atomic E-state index is 12.2. The molecule has 1 aliphatic heterocycles. The molecule has 0 saturated carbocycles. The normalized spacial score (nSPS) is 12.4. The first kappa shape index (κ1) is 18.4. The third kappa shape index (κ3) is 5.07. The molecule has 0 unspecified atom stereocenters. The van der Waals surface area contributed by atoms with Crippen molar-refractivity contribution in [2.24, 2.45) is 0 Å². The smallest absolute Gasteiger partial charge is 0.309 e. The zero-order chi connectivity index (χ0) is 19.2. The Balaban J connectivity index is 1.45. The van der Waals surface area contributed by atoms with E-state index < -0.39 is 5.97 Å². The Kier molecular flexibility index (Phi) is 5.71. The number of benzene rings is 2. The standard InChI is InChI=1S/C20H19NO6/c1-13-3-2-4-15(9-13)25-8-7-20(24)27-11-17(22)14-5-6-18-16(10-14)21-19(23)12-26-18/h2-6,9-10H,7-8,11-12H2,1H3,(H,21,23). The number of ether oxygens (including phenoxy) is 3. The van der Waals surface area contributed by atoms with Gasteiger partial charge in [0.15, 0.2) is 19.0 Å². The van der Waals surface area contributed by atoms with Crippen LogP contribution in [0.5, 0.6) is 11.5 Å². The van der Waals surface area contributed by atoms with Crippen molar-refractivity contribution in [2.45, 2.75) is 13.3 Å². The van der Waals surface area contributed by atoms with Gasteiger partial charge in [-0.05, 0) is 42.8 Å². The van der Waals surface area contributed by atoms with Gasteiger partial charge in [0.25, 0.3) is 5.91 Å². The van der Waals surface area contributed by atoms with Crippen LogP contribution in [0.15, 0.2) is 42.5 Å². The van der Waals surface area contributed by atoms with E-state index in [4.69, 9.17) is 14.2 Å². The minimum atomic E-state index is -0.523. The van der Waals surface area contributed by atoms with E-state index in [0.29, 0.717) is 22.7 Å². The summed E-state index contributed by atoms with van der Waals surface area (Å²) in [5, 5.41) is 2.63. The van der Waals surface area contributed by atoms with Crippen LogP contribution in [0.1, 0.15) is 22.3 Å². The third-order valence-electron chi connectivity index (χ3n) is 3.86. The van der Waals surface area contributed by atoms with Crippen LogP contribution in [-0.2, 0) is 14.3 Å². The van der Waals surface area contributed by atoms with E-state index in [1.165, 1.54) is 6.07 Å². The fourth-order valence-electron chi connectivity index (χ4n) is 2.52. The lowest BCUT2D eigenvalue weighted by molar-refractivity contribution is -0.143. The van der Waals surface area contributed by atoms with Crippen molar-refractivity contribution < 1.29 is 28.6 Å². The molecule has 0 radical (unpaired) electrons. The van der Waals surface area contributed by atoms with Gasteiger partial charge in [-0.3, -0.25) is 14.4 Å². The van der Waals surface area contributed by atoms with Crippen molar-refractivity contribution in [1.29, 1.82) is 0 Å². The van der Waals surface area contributed by atoms with Gasteiger partial charge in [-0.15, -0.1) is 0 Å². The Morgan fingerprint density at radius 1 is 1.19 bits per heavy atom. The lowest BCUT2D eigenvalue weighted by atomic mass is 10.1. The summed E-state index contributed by atoms with van der Waals surface area (Å²) in [6, 6.07) is 12.2. The highest BCUT2D eigenvalue weighted by Crippen LogP contribution is 2.28. The average molecular weight is 369 g/mol. The fourth-order valence-corrected chi connectivity index (χ4v) is 2.52. The summed E-state index contributed by atoms with van der Waals surface area (Å²) in [7, 11) is 0. The molecular weight excluding hydrogens is 350 g/mol. The summed E-state index contributed by atoms with van der Waals surface area (Å²) >= 11 is 0. The highest BCUT2D eigenvalue weighted by molar-refractivity contribution is 6.01. The zero-order valence-electron chi connectivity index (χ0n) is 14.8. The van der Waals surface area contributed by atoms with E-state index in [2.05, 4.69) is 5.32 Å². The molecule has 7 heteroatoms. The van der Waals surface area contributed by atoms with Gasteiger partial charge in [0.2, 0.25) is 0 Å². The Bertz CT molecular complexity index is 877. The largest absolute Gasteiger partial charge is 0.493 e. The number of ketones is 1. The molecule has 0 fully saturated rings. The van der Waals surface area contributed by atoms with Crippen molar-refractivity contribution in [1.82, 2.24) is 0 Å². The number of nitrogens with one attached hydrogen (secondary N) is 1. The minimum Gasteiger partial charge on any atom is -0.493 e. The van der Waals surface area contributed by atoms with Crippen molar-refractivity contribution in [3.8, 4) is 11.5 Å². The number of hydrogen-bond donors (Lipinski definition) is 1. The number of rotatable bonds is 7. The van der Waals surface area contributed by atoms with E-state index in [9.17, 15) is 14.4 Å². The highest BCUT2D eigenvalue weighted by Gasteiger charge is 2.18. The number of fused-ring (bicyclic) bond motifs is 1. The maximum Gasteiger partial charge on any atom is 0.309 e. The molecule has 1 aliphatic rings. The van der Waals surface area contributed by atoms with Gasteiger partial charge in [-0.2, -0.15) is 0 Å². The Morgan fingerprint density at radius 3 is 2.85 bits per heavy atom. The van der Waals surface area contributed by atoms with Crippen molar-refractivity contribution in [3.63, 3.8) is 0 Å². The van der Waals surface area contributed by atoms with Crippen LogP contribution in [0.4, 0.5) is 5.69 Å². The van der Waals surface area contributed by atoms with Gasteiger partial charge >= 0.3 is 5.97 Å². The SMILES string of the molecule is Cc1cccc(OCCC(=O)OCC(=O)c2ccc3c(c2)NC(=O)CO3)c1. The van der Waals surface area contributed by atoms with E-state index >= 15 is 0 Å². The number of Topliss-reactive ketones (excluding diaryl/α,β-unsaturated/α-hetero) is 1. The van der Waals surface area contributed by atoms with Crippen molar-refractivity contribution in [3.05, 3.63) is 53.6 Å². The average Bonchev–Trinajstić information content (AvgIpc) is 2.65. The summed E-state index contributed by atoms with van der Waals surface area (Å²) in [5.41, 5.74) is 1.81. The van der Waals surface area contributed by atoms with Crippen LogP contribution >= 0.6 is 0 Å². The van der Waals surface area contributed by atoms with Crippen molar-refractivity contribution >= 4 is 23.3 Å². The Labute approximate surface area is 156 Å². The number of aryl methyl sites for hydroxylation is 1. The molecule has 0 saturated heterocycles. The molecule has 0 aliphatic carbocycles. The number of carbonyl (C=O) groups is 3. The predicted molar refractivity (Wildman–Crippen MR) is 97.1 cm³/mol. The van der Waals surface area contributed by atoms with E-state index in [1.807, 2.05) is 25.1 Å². The summed E-state index contributed by atoms with van der Waals surface area (Å²) < 4.78 is 15.7. The molecule has 2 aromatic carbocycles. The van der Waals surface area contributed by atoms with Crippen LogP contribution < -0.4 is 14.8 Å². The first-order chi connectivity index (χ1) is 13.0. The molecule has 27 heavy (non-hydrogen) atoms. The second kappa shape index (κ2) is 8.35. The van der Waals surface area contributed by atoms with Crippen LogP contribution in [0.3, 0.4) is 0 Å². The highest BCUT2D eigenvalue weighted by atomic mass is 16.5. The molecule has 1 amide bonds. The van der Waals surface area contributed by atoms with E-state index in [0.717, 1.165) is 5.56 Å². The molecule has 0 spiro atoms. The number of amides is 1. The Morgan fingerprint density at radius 2 is 2.04 bits per heavy atom. The molecule has 7 nitrogen and oxygen atoms in total. The number of hydrogen-bond acceptors (Lipinski definition) is 6. The van der Waals surface area contributed by atoms with E-state index in [1.54, 1.807) is 18.2 Å². The monoisotopic (exact) mass is 369 g/mol. The molecule has 2 aromatic rings. The first-order valence-electron chi connectivity index (χ1n) is 8.46. The first-order valence-corrected chi connectivity index (χ1v) is 8.46. The van der Waals surface area contributed by atoms with Crippen LogP contribution in [-0.4, -0.2) is 37.5 Å². The molecule has 1 heterocycles. The predicted octanol–water partition coefficient (Wildman–Crippen LogP) is 2.52. The third-order valence-corrected chi connectivity index (χ3v) is 3.86. The van der Waals surface area contributed by atoms with E-state index in [-0.39, 0.29) is 37.9 Å². The van der Waals surface area contributed by atoms with Gasteiger partial charge in [0, 0.05) is 5.56 Å². The summed E-state index contributed by atoms with van der Waals surface area (Å²) in [6.07, 6.45) is 0.0370. The molecular formula is C20H19NO6. The molecule has 0 atom stereocenters. The van der Waals surface area contributed by atoms with Gasteiger partial charge in [-0.1, -0.05) is 12.1 Å². The lowest BCUT2D eigenvalue weighted by Crippen LogP contribution is -2.25. The minimum absolute atomic E-state index is 0.0370. The number of anilines is 1. The second-order valence-electron chi connectivity index (χ2n) is 6.05. The quantitative estimate of drug-likeness (QED) is 0.596. The molecule has 0 aromatic heterocycles. The zero-order valence-corrected chi connectivity index (χ0v) is 14.8.